The Hall–Kier alpha value is -1.19. The van der Waals surface area contributed by atoms with Gasteiger partial charge >= 0.3 is 0 Å². The molecule has 0 aliphatic carbocycles. The van der Waals surface area contributed by atoms with Crippen molar-refractivity contribution in [1.82, 2.24) is 10.3 Å². The summed E-state index contributed by atoms with van der Waals surface area (Å²) in [4.78, 5) is 4.45. The number of thiophene rings is 1. The maximum Gasteiger partial charge on any atom is 0.0759 e. The zero-order valence-electron chi connectivity index (χ0n) is 8.90. The molecule has 0 radical (unpaired) electrons. The van der Waals surface area contributed by atoms with Crippen LogP contribution in [0.15, 0.2) is 35.2 Å². The van der Waals surface area contributed by atoms with E-state index in [0.717, 1.165) is 5.69 Å². The van der Waals surface area contributed by atoms with Gasteiger partial charge in [0.25, 0.3) is 0 Å². The van der Waals surface area contributed by atoms with E-state index in [-0.39, 0.29) is 6.04 Å². The van der Waals surface area contributed by atoms with Gasteiger partial charge in [-0.25, -0.2) is 0 Å². The predicted octanol–water partition coefficient (Wildman–Crippen LogP) is 2.76. The third-order valence-electron chi connectivity index (χ3n) is 2.49. The molecule has 2 aromatic heterocycles. The van der Waals surface area contributed by atoms with Crippen LogP contribution in [-0.4, -0.2) is 12.0 Å². The Morgan fingerprint density at radius 2 is 2.27 bits per heavy atom. The molecule has 0 amide bonds. The molecule has 2 nitrogen and oxygen atoms in total. The van der Waals surface area contributed by atoms with Crippen LogP contribution in [0, 0.1) is 6.92 Å². The Kier molecular flexibility index (Phi) is 3.14. The minimum Gasteiger partial charge on any atom is -0.308 e. The summed E-state index contributed by atoms with van der Waals surface area (Å²) in [5.74, 6) is 0. The summed E-state index contributed by atoms with van der Waals surface area (Å²) in [6, 6.07) is 6.41. The molecule has 1 N–H and O–H groups in total. The summed E-state index contributed by atoms with van der Waals surface area (Å²) >= 11 is 1.72. The van der Waals surface area contributed by atoms with E-state index in [9.17, 15) is 0 Å². The second-order valence-electron chi connectivity index (χ2n) is 3.48. The summed E-state index contributed by atoms with van der Waals surface area (Å²) in [5, 5.41) is 7.56. The standard InChI is InChI=1S/C12H14N2S/c1-9-4-3-6-14-11(9)12(13-2)10-5-7-15-8-10/h3-8,12-13H,1-2H3. The molecule has 1 unspecified atom stereocenters. The maximum absolute atomic E-state index is 4.45. The van der Waals surface area contributed by atoms with E-state index in [1.165, 1.54) is 11.1 Å². The Labute approximate surface area is 94.0 Å². The van der Waals surface area contributed by atoms with Crippen molar-refractivity contribution in [3.63, 3.8) is 0 Å². The van der Waals surface area contributed by atoms with Crippen molar-refractivity contribution in [1.29, 1.82) is 0 Å². The van der Waals surface area contributed by atoms with Crippen molar-refractivity contribution in [2.45, 2.75) is 13.0 Å². The molecular weight excluding hydrogens is 204 g/mol. The Morgan fingerprint density at radius 3 is 2.87 bits per heavy atom. The lowest BCUT2D eigenvalue weighted by Gasteiger charge is -2.16. The fourth-order valence-corrected chi connectivity index (χ4v) is 2.39. The number of nitrogens with one attached hydrogen (secondary N) is 1. The monoisotopic (exact) mass is 218 g/mol. The third-order valence-corrected chi connectivity index (χ3v) is 3.19. The highest BCUT2D eigenvalue weighted by molar-refractivity contribution is 7.08. The van der Waals surface area contributed by atoms with Gasteiger partial charge in [-0.2, -0.15) is 11.3 Å². The number of nitrogens with zero attached hydrogens (tertiary/aromatic N) is 1. The van der Waals surface area contributed by atoms with E-state index < -0.39 is 0 Å². The van der Waals surface area contributed by atoms with Crippen LogP contribution in [0.5, 0.6) is 0 Å². The molecule has 0 aliphatic heterocycles. The van der Waals surface area contributed by atoms with Crippen LogP contribution in [-0.2, 0) is 0 Å². The Bertz CT molecular complexity index is 423. The number of aryl methyl sites for hydroxylation is 1. The van der Waals surface area contributed by atoms with Crippen molar-refractivity contribution in [3.8, 4) is 0 Å². The molecule has 1 atom stereocenters. The molecule has 2 aromatic rings. The summed E-state index contributed by atoms with van der Waals surface area (Å²) in [6.07, 6.45) is 1.85. The summed E-state index contributed by atoms with van der Waals surface area (Å²) in [7, 11) is 1.97. The smallest absolute Gasteiger partial charge is 0.0759 e. The van der Waals surface area contributed by atoms with Gasteiger partial charge in [0.1, 0.15) is 0 Å². The summed E-state index contributed by atoms with van der Waals surface area (Å²) in [6.45, 7) is 2.10. The second-order valence-corrected chi connectivity index (χ2v) is 4.26. The summed E-state index contributed by atoms with van der Waals surface area (Å²) in [5.41, 5.74) is 3.62. The van der Waals surface area contributed by atoms with Crippen molar-refractivity contribution < 1.29 is 0 Å². The summed E-state index contributed by atoms with van der Waals surface area (Å²) < 4.78 is 0. The van der Waals surface area contributed by atoms with E-state index in [4.69, 9.17) is 0 Å². The van der Waals surface area contributed by atoms with Crippen LogP contribution in [0.25, 0.3) is 0 Å². The molecule has 3 heteroatoms. The first-order valence-corrected chi connectivity index (χ1v) is 5.88. The number of rotatable bonds is 3. The first-order valence-electron chi connectivity index (χ1n) is 4.94. The first kappa shape index (κ1) is 10.3. The van der Waals surface area contributed by atoms with Gasteiger partial charge in [0.05, 0.1) is 11.7 Å². The molecule has 0 fully saturated rings. The van der Waals surface area contributed by atoms with E-state index in [1.807, 2.05) is 19.3 Å². The third kappa shape index (κ3) is 2.08. The fraction of sp³-hybridized carbons (Fsp3) is 0.250. The Morgan fingerprint density at radius 1 is 1.40 bits per heavy atom. The molecule has 78 valence electrons. The normalized spacial score (nSPS) is 12.7. The molecule has 2 heterocycles. The topological polar surface area (TPSA) is 24.9 Å². The predicted molar refractivity (Wildman–Crippen MR) is 64.2 cm³/mol. The van der Waals surface area contributed by atoms with Gasteiger partial charge < -0.3 is 5.32 Å². The van der Waals surface area contributed by atoms with Gasteiger partial charge in [0.2, 0.25) is 0 Å². The first-order chi connectivity index (χ1) is 7.33. The minimum atomic E-state index is 0.206. The van der Waals surface area contributed by atoms with Crippen LogP contribution in [0.2, 0.25) is 0 Å². The molecule has 0 saturated carbocycles. The van der Waals surface area contributed by atoms with Crippen LogP contribution in [0.1, 0.15) is 22.9 Å². The molecule has 0 aromatic carbocycles. The SMILES string of the molecule is CNC(c1ccsc1)c1ncccc1C. The zero-order valence-corrected chi connectivity index (χ0v) is 9.71. The van der Waals surface area contributed by atoms with Gasteiger partial charge in [0.15, 0.2) is 0 Å². The average Bonchev–Trinajstić information content (AvgIpc) is 2.75. The van der Waals surface area contributed by atoms with Crippen molar-refractivity contribution in [2.24, 2.45) is 0 Å². The average molecular weight is 218 g/mol. The van der Waals surface area contributed by atoms with Gasteiger partial charge in [-0.05, 0) is 48.0 Å². The van der Waals surface area contributed by atoms with Crippen molar-refractivity contribution in [3.05, 3.63) is 52.0 Å². The van der Waals surface area contributed by atoms with E-state index in [1.54, 1.807) is 11.3 Å². The van der Waals surface area contributed by atoms with E-state index in [0.29, 0.717) is 0 Å². The van der Waals surface area contributed by atoms with Crippen molar-refractivity contribution in [2.75, 3.05) is 7.05 Å². The highest BCUT2D eigenvalue weighted by Gasteiger charge is 2.15. The quantitative estimate of drug-likeness (QED) is 0.857. The number of hydrogen-bond acceptors (Lipinski definition) is 3. The highest BCUT2D eigenvalue weighted by Crippen LogP contribution is 2.24. The highest BCUT2D eigenvalue weighted by atomic mass is 32.1. The molecule has 0 bridgehead atoms. The second kappa shape index (κ2) is 4.55. The van der Waals surface area contributed by atoms with E-state index in [2.05, 4.69) is 40.1 Å². The van der Waals surface area contributed by atoms with Gasteiger partial charge in [-0.15, -0.1) is 0 Å². The van der Waals surface area contributed by atoms with Gasteiger partial charge in [-0.1, -0.05) is 6.07 Å². The fourth-order valence-electron chi connectivity index (χ4n) is 1.70. The zero-order chi connectivity index (χ0) is 10.7. The van der Waals surface area contributed by atoms with Crippen LogP contribution in [0.3, 0.4) is 0 Å². The van der Waals surface area contributed by atoms with Crippen LogP contribution < -0.4 is 5.32 Å². The van der Waals surface area contributed by atoms with E-state index >= 15 is 0 Å². The molecule has 0 aliphatic rings. The lowest BCUT2D eigenvalue weighted by atomic mass is 10.0. The molecule has 2 rings (SSSR count). The lowest BCUT2D eigenvalue weighted by Crippen LogP contribution is -2.19. The number of hydrogen-bond donors (Lipinski definition) is 1. The molecular formula is C12H14N2S. The van der Waals surface area contributed by atoms with Crippen LogP contribution in [0.4, 0.5) is 0 Å². The van der Waals surface area contributed by atoms with Gasteiger partial charge in [-0.3, -0.25) is 4.98 Å². The molecule has 15 heavy (non-hydrogen) atoms. The maximum atomic E-state index is 4.45. The molecule has 0 saturated heterocycles. The number of aromatic nitrogens is 1. The largest absolute Gasteiger partial charge is 0.308 e. The van der Waals surface area contributed by atoms with Gasteiger partial charge in [0, 0.05) is 6.20 Å². The molecule has 0 spiro atoms. The minimum absolute atomic E-state index is 0.206. The van der Waals surface area contributed by atoms with Crippen molar-refractivity contribution >= 4 is 11.3 Å². The Balaban J connectivity index is 2.40. The van der Waals surface area contributed by atoms with Crippen LogP contribution >= 0.6 is 11.3 Å². The lowest BCUT2D eigenvalue weighted by molar-refractivity contribution is 0.668. The number of pyridine rings is 1.